The van der Waals surface area contributed by atoms with Gasteiger partial charge < -0.3 is 0 Å². The average molecular weight is 635 g/mol. The van der Waals surface area contributed by atoms with Crippen molar-refractivity contribution >= 4 is 10.8 Å². The molecular formula is C47H42N2. The Morgan fingerprint density at radius 3 is 1.82 bits per heavy atom. The van der Waals surface area contributed by atoms with Gasteiger partial charge in [-0.3, -0.25) is 9.97 Å². The van der Waals surface area contributed by atoms with Gasteiger partial charge in [0.2, 0.25) is 0 Å². The quantitative estimate of drug-likeness (QED) is 0.192. The number of hydrogen-bond donors (Lipinski definition) is 0. The standard InChI is InChI=1S/C47H42N2/c1-45(2,3)34-23-25-48-43(30-34)32-15-13-16-35(26-32)47(41-20-11-9-18-39(41)40-19-10-12-21-42(40)47)37-28-33(27-36(29-37)46(4,5)6)44-38-17-8-7-14-31(38)22-24-49-44/h7-30H,1-6H3. The van der Waals surface area contributed by atoms with Gasteiger partial charge >= 0.3 is 0 Å². The van der Waals surface area contributed by atoms with Crippen LogP contribution in [0.3, 0.4) is 0 Å². The van der Waals surface area contributed by atoms with E-state index in [4.69, 9.17) is 9.97 Å². The first-order valence-electron chi connectivity index (χ1n) is 17.3. The lowest BCUT2D eigenvalue weighted by atomic mass is 9.66. The lowest BCUT2D eigenvalue weighted by molar-refractivity contribution is 0.587. The first-order valence-corrected chi connectivity index (χ1v) is 17.3. The highest BCUT2D eigenvalue weighted by Crippen LogP contribution is 2.57. The Morgan fingerprint density at radius 2 is 1.10 bits per heavy atom. The topological polar surface area (TPSA) is 25.8 Å². The van der Waals surface area contributed by atoms with Crippen molar-refractivity contribution in [1.82, 2.24) is 9.97 Å². The fraction of sp³-hybridized carbons (Fsp3) is 0.191. The molecule has 2 heteroatoms. The molecule has 5 aromatic carbocycles. The van der Waals surface area contributed by atoms with Gasteiger partial charge in [-0.05, 0) is 97.1 Å². The molecular weight excluding hydrogens is 593 g/mol. The second kappa shape index (κ2) is 11.4. The Hall–Kier alpha value is -5.34. The molecule has 2 nitrogen and oxygen atoms in total. The Morgan fingerprint density at radius 1 is 0.469 bits per heavy atom. The smallest absolute Gasteiger partial charge is 0.0780 e. The largest absolute Gasteiger partial charge is 0.256 e. The van der Waals surface area contributed by atoms with E-state index in [1.807, 2.05) is 12.4 Å². The first kappa shape index (κ1) is 31.0. The number of hydrogen-bond acceptors (Lipinski definition) is 2. The van der Waals surface area contributed by atoms with Crippen LogP contribution in [0.2, 0.25) is 0 Å². The van der Waals surface area contributed by atoms with Crippen LogP contribution >= 0.6 is 0 Å². The van der Waals surface area contributed by atoms with Crippen LogP contribution in [-0.2, 0) is 16.2 Å². The molecule has 7 aromatic rings. The highest BCUT2D eigenvalue weighted by atomic mass is 14.7. The molecule has 0 N–H and O–H groups in total. The number of benzene rings is 5. The van der Waals surface area contributed by atoms with Gasteiger partial charge in [0.05, 0.1) is 16.8 Å². The van der Waals surface area contributed by atoms with E-state index in [1.165, 1.54) is 49.9 Å². The van der Waals surface area contributed by atoms with E-state index < -0.39 is 5.41 Å². The maximum atomic E-state index is 5.03. The average Bonchev–Trinajstić information content (AvgIpc) is 3.42. The van der Waals surface area contributed by atoms with Crippen LogP contribution in [0.25, 0.3) is 44.4 Å². The lowest BCUT2D eigenvalue weighted by Crippen LogP contribution is -2.29. The Bertz CT molecular complexity index is 2320. The molecule has 0 unspecified atom stereocenters. The molecule has 240 valence electrons. The van der Waals surface area contributed by atoms with Gasteiger partial charge in [-0.15, -0.1) is 0 Å². The van der Waals surface area contributed by atoms with Crippen molar-refractivity contribution in [3.8, 4) is 33.6 Å². The third kappa shape index (κ3) is 5.09. The third-order valence-corrected chi connectivity index (χ3v) is 10.3. The van der Waals surface area contributed by atoms with Gasteiger partial charge in [0.25, 0.3) is 0 Å². The number of rotatable bonds is 4. The Kier molecular flexibility index (Phi) is 7.19. The van der Waals surface area contributed by atoms with Gasteiger partial charge in [-0.2, -0.15) is 0 Å². The fourth-order valence-corrected chi connectivity index (χ4v) is 7.75. The van der Waals surface area contributed by atoms with Gasteiger partial charge in [0.1, 0.15) is 0 Å². The van der Waals surface area contributed by atoms with Crippen molar-refractivity contribution in [2.24, 2.45) is 0 Å². The monoisotopic (exact) mass is 634 g/mol. The van der Waals surface area contributed by atoms with E-state index >= 15 is 0 Å². The van der Waals surface area contributed by atoms with Gasteiger partial charge in [0, 0.05) is 28.9 Å². The first-order chi connectivity index (χ1) is 23.5. The predicted molar refractivity (Wildman–Crippen MR) is 205 cm³/mol. The molecule has 49 heavy (non-hydrogen) atoms. The molecule has 0 atom stereocenters. The maximum absolute atomic E-state index is 5.03. The van der Waals surface area contributed by atoms with Crippen LogP contribution in [0, 0.1) is 0 Å². The van der Waals surface area contributed by atoms with Crippen molar-refractivity contribution in [3.05, 3.63) is 179 Å². The summed E-state index contributed by atoms with van der Waals surface area (Å²) >= 11 is 0. The number of pyridine rings is 2. The molecule has 8 rings (SSSR count). The second-order valence-corrected chi connectivity index (χ2v) is 15.5. The van der Waals surface area contributed by atoms with Gasteiger partial charge in [0.15, 0.2) is 0 Å². The minimum Gasteiger partial charge on any atom is -0.256 e. The Labute approximate surface area is 290 Å². The molecule has 1 aliphatic carbocycles. The SMILES string of the molecule is CC(C)(C)c1cc(-c2nccc3ccccc23)cc(C2(c3cccc(-c4cc(C(C)(C)C)ccn4)c3)c3ccccc3-c3ccccc32)c1. The summed E-state index contributed by atoms with van der Waals surface area (Å²) in [7, 11) is 0. The van der Waals surface area contributed by atoms with Crippen molar-refractivity contribution in [3.63, 3.8) is 0 Å². The zero-order chi connectivity index (χ0) is 34.0. The summed E-state index contributed by atoms with van der Waals surface area (Å²) in [4.78, 5) is 9.92. The minimum absolute atomic E-state index is 0.0271. The summed E-state index contributed by atoms with van der Waals surface area (Å²) in [5.74, 6) is 0. The zero-order valence-corrected chi connectivity index (χ0v) is 29.3. The molecule has 0 fully saturated rings. The van der Waals surface area contributed by atoms with E-state index in [9.17, 15) is 0 Å². The van der Waals surface area contributed by atoms with Crippen LogP contribution in [0.5, 0.6) is 0 Å². The van der Waals surface area contributed by atoms with Crippen LogP contribution in [0.15, 0.2) is 146 Å². The van der Waals surface area contributed by atoms with Crippen molar-refractivity contribution in [1.29, 1.82) is 0 Å². The van der Waals surface area contributed by atoms with Crippen LogP contribution in [0.4, 0.5) is 0 Å². The molecule has 0 spiro atoms. The summed E-state index contributed by atoms with van der Waals surface area (Å²) in [6.07, 6.45) is 3.90. The van der Waals surface area contributed by atoms with Gasteiger partial charge in [-0.1, -0.05) is 139 Å². The number of aromatic nitrogens is 2. The second-order valence-electron chi connectivity index (χ2n) is 15.5. The summed E-state index contributed by atoms with van der Waals surface area (Å²) in [6, 6.07) is 49.4. The van der Waals surface area contributed by atoms with E-state index in [1.54, 1.807) is 0 Å². The van der Waals surface area contributed by atoms with E-state index in [-0.39, 0.29) is 10.8 Å². The molecule has 0 saturated carbocycles. The minimum atomic E-state index is -0.564. The van der Waals surface area contributed by atoms with Crippen LogP contribution in [-0.4, -0.2) is 9.97 Å². The van der Waals surface area contributed by atoms with Crippen molar-refractivity contribution in [2.45, 2.75) is 57.8 Å². The summed E-state index contributed by atoms with van der Waals surface area (Å²) < 4.78 is 0. The highest BCUT2D eigenvalue weighted by molar-refractivity contribution is 5.95. The van der Waals surface area contributed by atoms with Crippen LogP contribution in [0.1, 0.15) is 74.9 Å². The van der Waals surface area contributed by atoms with E-state index in [0.29, 0.717) is 0 Å². The van der Waals surface area contributed by atoms with E-state index in [2.05, 4.69) is 175 Å². The molecule has 0 bridgehead atoms. The molecule has 2 aromatic heterocycles. The third-order valence-electron chi connectivity index (χ3n) is 10.3. The normalized spacial score (nSPS) is 13.7. The highest BCUT2D eigenvalue weighted by Gasteiger charge is 2.46. The fourth-order valence-electron chi connectivity index (χ4n) is 7.75. The molecule has 0 aliphatic heterocycles. The summed E-state index contributed by atoms with van der Waals surface area (Å²) in [5, 5.41) is 2.36. The zero-order valence-electron chi connectivity index (χ0n) is 29.3. The summed E-state index contributed by atoms with van der Waals surface area (Å²) in [5.41, 5.74) is 13.8. The van der Waals surface area contributed by atoms with E-state index in [0.717, 1.165) is 27.9 Å². The molecule has 0 amide bonds. The lowest BCUT2D eigenvalue weighted by Gasteiger charge is -2.36. The van der Waals surface area contributed by atoms with Crippen molar-refractivity contribution < 1.29 is 0 Å². The molecule has 2 heterocycles. The predicted octanol–water partition coefficient (Wildman–Crippen LogP) is 11.9. The number of fused-ring (bicyclic) bond motifs is 4. The van der Waals surface area contributed by atoms with Crippen LogP contribution < -0.4 is 0 Å². The van der Waals surface area contributed by atoms with Crippen molar-refractivity contribution in [2.75, 3.05) is 0 Å². The molecule has 0 saturated heterocycles. The van der Waals surface area contributed by atoms with Gasteiger partial charge in [-0.25, -0.2) is 0 Å². The summed E-state index contributed by atoms with van der Waals surface area (Å²) in [6.45, 7) is 13.7. The Balaban J connectivity index is 1.47. The molecule has 1 aliphatic rings. The maximum Gasteiger partial charge on any atom is 0.0780 e. The number of nitrogens with zero attached hydrogens (tertiary/aromatic N) is 2. The molecule has 0 radical (unpaired) electrons.